The molecule has 0 radical (unpaired) electrons. The van der Waals surface area contributed by atoms with Crippen LogP contribution in [0.3, 0.4) is 0 Å². The fourth-order valence-corrected chi connectivity index (χ4v) is 9.54. The van der Waals surface area contributed by atoms with Crippen molar-refractivity contribution in [3.63, 3.8) is 0 Å². The van der Waals surface area contributed by atoms with Gasteiger partial charge in [0, 0.05) is 6.42 Å². The number of aliphatic hydroxyl groups excluding tert-OH is 5. The standard InChI is InChI=1S/C70H119NO8/c1-3-5-7-9-11-13-15-17-19-21-23-25-26-27-28-29-30-31-32-33-34-35-36-37-38-40-42-44-46-48-50-52-54-56-58-60-66(74)71-63(62-78-70-69(77)68(76)67(75)65(61-72)79-70)64(73)59-57-55-53-51-49-47-45-43-41-39-24-22-20-18-16-14-12-10-8-6-4-2/h5,7,11,13,17,19,23,25,27-28,30-31,33-34,36-37,40,42,46,48,63-65,67-70,72-73,75-77H,3-4,6,8-10,12,14-16,18,20-22,24,26,29,32,35,38-39,41,43-45,47,49-62H2,1-2H3,(H,71,74)/b7-5-,13-11-,19-17-,25-23-,28-27-,31-30-,34-33-,37-36-,42-40-,48-46-. The summed E-state index contributed by atoms with van der Waals surface area (Å²) in [7, 11) is 0. The lowest BCUT2D eigenvalue weighted by Crippen LogP contribution is -2.60. The fourth-order valence-electron chi connectivity index (χ4n) is 9.54. The van der Waals surface area contributed by atoms with E-state index in [9.17, 15) is 30.3 Å². The smallest absolute Gasteiger partial charge is 0.220 e. The first-order valence-corrected chi connectivity index (χ1v) is 32.2. The zero-order valence-corrected chi connectivity index (χ0v) is 50.3. The molecule has 6 N–H and O–H groups in total. The lowest BCUT2D eigenvalue weighted by atomic mass is 9.99. The summed E-state index contributed by atoms with van der Waals surface area (Å²) in [5.74, 6) is -0.171. The molecule has 79 heavy (non-hydrogen) atoms. The van der Waals surface area contributed by atoms with Gasteiger partial charge in [-0.2, -0.15) is 0 Å². The lowest BCUT2D eigenvalue weighted by Gasteiger charge is -2.40. The molecule has 1 rings (SSSR count). The SMILES string of the molecule is CC/C=C\C/C=C\C/C=C\C/C=C\C/C=C\C/C=C\C/C=C\C/C=C\C/C=C\C/C=C\CCCCCCC(=O)NC(COC1OC(CO)C(O)C(O)C1O)C(O)CCCCCCCCCCCCCCCCCCCCCCC. The van der Waals surface area contributed by atoms with E-state index in [-0.39, 0.29) is 12.5 Å². The summed E-state index contributed by atoms with van der Waals surface area (Å²) in [6, 6.07) is -0.743. The van der Waals surface area contributed by atoms with E-state index in [2.05, 4.69) is 141 Å². The number of carbonyl (C=O) groups is 1. The predicted molar refractivity (Wildman–Crippen MR) is 336 cm³/mol. The molecule has 0 saturated carbocycles. The molecule has 7 unspecified atom stereocenters. The summed E-state index contributed by atoms with van der Waals surface area (Å²) >= 11 is 0. The molecule has 0 aromatic rings. The highest BCUT2D eigenvalue weighted by Crippen LogP contribution is 2.23. The minimum Gasteiger partial charge on any atom is -0.394 e. The van der Waals surface area contributed by atoms with Crippen molar-refractivity contribution < 1.29 is 39.8 Å². The molecule has 1 saturated heterocycles. The quantitative estimate of drug-likeness (QED) is 0.0261. The van der Waals surface area contributed by atoms with E-state index in [0.717, 1.165) is 116 Å². The predicted octanol–water partition coefficient (Wildman–Crippen LogP) is 17.1. The van der Waals surface area contributed by atoms with Gasteiger partial charge in [0.25, 0.3) is 0 Å². The molecule has 0 aliphatic carbocycles. The van der Waals surface area contributed by atoms with Crippen LogP contribution in [0.25, 0.3) is 0 Å². The van der Waals surface area contributed by atoms with Crippen LogP contribution < -0.4 is 5.32 Å². The Hall–Kier alpha value is -3.41. The van der Waals surface area contributed by atoms with Gasteiger partial charge < -0.3 is 40.3 Å². The summed E-state index contributed by atoms with van der Waals surface area (Å²) in [5.41, 5.74) is 0. The first kappa shape index (κ1) is 73.6. The Morgan fingerprint density at radius 2 is 0.785 bits per heavy atom. The van der Waals surface area contributed by atoms with Crippen molar-refractivity contribution >= 4 is 5.91 Å². The number of allylic oxidation sites excluding steroid dienone is 20. The summed E-state index contributed by atoms with van der Waals surface area (Å²) < 4.78 is 11.3. The second kappa shape index (κ2) is 57.8. The van der Waals surface area contributed by atoms with Gasteiger partial charge in [-0.05, 0) is 89.9 Å². The number of unbranched alkanes of at least 4 members (excludes halogenated alkanes) is 24. The highest BCUT2D eigenvalue weighted by atomic mass is 16.7. The second-order valence-corrected chi connectivity index (χ2v) is 21.8. The summed E-state index contributed by atoms with van der Waals surface area (Å²) in [6.45, 7) is 3.72. The first-order valence-electron chi connectivity index (χ1n) is 32.2. The molecular formula is C70H119NO8. The third-order valence-electron chi connectivity index (χ3n) is 14.6. The highest BCUT2D eigenvalue weighted by Gasteiger charge is 2.44. The molecule has 1 amide bonds. The Bertz CT molecular complexity index is 1660. The molecule has 7 atom stereocenters. The summed E-state index contributed by atoms with van der Waals surface area (Å²) in [6.07, 6.45) is 79.5. The van der Waals surface area contributed by atoms with Gasteiger partial charge in [-0.1, -0.05) is 283 Å². The molecular weight excluding hydrogens is 983 g/mol. The van der Waals surface area contributed by atoms with Crippen molar-refractivity contribution in [2.24, 2.45) is 0 Å². The largest absolute Gasteiger partial charge is 0.394 e. The van der Waals surface area contributed by atoms with Crippen molar-refractivity contribution in [3.05, 3.63) is 122 Å². The summed E-state index contributed by atoms with van der Waals surface area (Å²) in [5, 5.41) is 54.8. The van der Waals surface area contributed by atoms with Gasteiger partial charge >= 0.3 is 0 Å². The van der Waals surface area contributed by atoms with E-state index >= 15 is 0 Å². The zero-order chi connectivity index (χ0) is 57.2. The fraction of sp³-hybridized carbons (Fsp3) is 0.700. The van der Waals surface area contributed by atoms with Crippen LogP contribution in [-0.2, 0) is 14.3 Å². The first-order chi connectivity index (χ1) is 38.8. The average Bonchev–Trinajstić information content (AvgIpc) is 3.47. The Labute approximate surface area is 484 Å². The Morgan fingerprint density at radius 1 is 0.443 bits per heavy atom. The van der Waals surface area contributed by atoms with E-state index in [1.54, 1.807) is 0 Å². The molecule has 9 heteroatoms. The molecule has 9 nitrogen and oxygen atoms in total. The van der Waals surface area contributed by atoms with Crippen LogP contribution in [0.2, 0.25) is 0 Å². The van der Waals surface area contributed by atoms with Gasteiger partial charge in [0.15, 0.2) is 6.29 Å². The van der Waals surface area contributed by atoms with E-state index < -0.39 is 49.5 Å². The highest BCUT2D eigenvalue weighted by molar-refractivity contribution is 5.76. The maximum Gasteiger partial charge on any atom is 0.220 e. The Balaban J connectivity index is 2.21. The average molecular weight is 1100 g/mol. The minimum atomic E-state index is -1.57. The zero-order valence-electron chi connectivity index (χ0n) is 50.3. The van der Waals surface area contributed by atoms with Crippen LogP contribution in [-0.4, -0.2) is 87.5 Å². The molecule has 1 aliphatic rings. The van der Waals surface area contributed by atoms with E-state index in [4.69, 9.17) is 9.47 Å². The third kappa shape index (κ3) is 46.9. The molecule has 0 bridgehead atoms. The van der Waals surface area contributed by atoms with Crippen LogP contribution in [0, 0.1) is 0 Å². The molecule has 0 aromatic heterocycles. The van der Waals surface area contributed by atoms with E-state index in [1.807, 2.05) is 0 Å². The normalized spacial score (nSPS) is 19.4. The maximum absolute atomic E-state index is 13.1. The molecule has 0 aromatic carbocycles. The Kier molecular flexibility index (Phi) is 53.9. The minimum absolute atomic E-state index is 0.155. The number of hydrogen-bond donors (Lipinski definition) is 6. The van der Waals surface area contributed by atoms with Gasteiger partial charge in [0.1, 0.15) is 24.4 Å². The number of rotatable bonds is 54. The van der Waals surface area contributed by atoms with Crippen molar-refractivity contribution in [1.82, 2.24) is 5.32 Å². The van der Waals surface area contributed by atoms with E-state index in [1.165, 1.54) is 116 Å². The number of carbonyl (C=O) groups excluding carboxylic acids is 1. The van der Waals surface area contributed by atoms with Gasteiger partial charge in [-0.3, -0.25) is 4.79 Å². The number of hydrogen-bond acceptors (Lipinski definition) is 8. The van der Waals surface area contributed by atoms with Crippen LogP contribution in [0.1, 0.15) is 258 Å². The molecule has 1 aliphatic heterocycles. The van der Waals surface area contributed by atoms with Crippen LogP contribution in [0.4, 0.5) is 0 Å². The Morgan fingerprint density at radius 3 is 1.16 bits per heavy atom. The number of amides is 1. The van der Waals surface area contributed by atoms with Gasteiger partial charge in [0.05, 0.1) is 25.4 Å². The van der Waals surface area contributed by atoms with Crippen LogP contribution in [0.15, 0.2) is 122 Å². The lowest BCUT2D eigenvalue weighted by molar-refractivity contribution is -0.302. The summed E-state index contributed by atoms with van der Waals surface area (Å²) in [4.78, 5) is 13.1. The molecule has 1 fully saturated rings. The number of nitrogens with one attached hydrogen (secondary N) is 1. The van der Waals surface area contributed by atoms with Crippen LogP contribution >= 0.6 is 0 Å². The van der Waals surface area contributed by atoms with Gasteiger partial charge in [0.2, 0.25) is 5.91 Å². The second-order valence-electron chi connectivity index (χ2n) is 21.8. The number of aliphatic hydroxyl groups is 5. The van der Waals surface area contributed by atoms with Gasteiger partial charge in [-0.15, -0.1) is 0 Å². The van der Waals surface area contributed by atoms with Crippen LogP contribution in [0.5, 0.6) is 0 Å². The van der Waals surface area contributed by atoms with Gasteiger partial charge in [-0.25, -0.2) is 0 Å². The van der Waals surface area contributed by atoms with Crippen molar-refractivity contribution in [2.75, 3.05) is 13.2 Å². The third-order valence-corrected chi connectivity index (χ3v) is 14.6. The molecule has 0 spiro atoms. The number of ether oxygens (including phenoxy) is 2. The molecule has 1 heterocycles. The van der Waals surface area contributed by atoms with Crippen molar-refractivity contribution in [1.29, 1.82) is 0 Å². The monoisotopic (exact) mass is 1100 g/mol. The molecule has 452 valence electrons. The topological polar surface area (TPSA) is 149 Å². The van der Waals surface area contributed by atoms with Crippen molar-refractivity contribution in [3.8, 4) is 0 Å². The maximum atomic E-state index is 13.1. The van der Waals surface area contributed by atoms with Crippen molar-refractivity contribution in [2.45, 2.75) is 301 Å². The van der Waals surface area contributed by atoms with E-state index in [0.29, 0.717) is 12.8 Å².